The highest BCUT2D eigenvalue weighted by Crippen LogP contribution is 2.19. The van der Waals surface area contributed by atoms with Crippen LogP contribution in [0.5, 0.6) is 0 Å². The van der Waals surface area contributed by atoms with Gasteiger partial charge < -0.3 is 15.8 Å². The number of nitrogens with zero attached hydrogens (tertiary/aromatic N) is 1. The van der Waals surface area contributed by atoms with Crippen LogP contribution in [0.1, 0.15) is 28.4 Å². The highest BCUT2D eigenvalue weighted by atomic mass is 32.1. The number of aryl methyl sites for hydroxylation is 2. The fraction of sp³-hybridized carbons (Fsp3) is 0.692. The lowest BCUT2D eigenvalue weighted by atomic mass is 10.2. The van der Waals surface area contributed by atoms with Gasteiger partial charge in [0, 0.05) is 24.4 Å². The van der Waals surface area contributed by atoms with Crippen LogP contribution in [0.15, 0.2) is 0 Å². The average molecular weight is 283 g/mol. The maximum absolute atomic E-state index is 11.9. The molecule has 1 aliphatic heterocycles. The standard InChI is InChI=1S/C13H21N3O2S/c1-8-9(2)19-12(16-8)5-6-15-13(17)11-4-3-10(7-14)18-11/h10-11H,3-7,14H2,1-2H3,(H,15,17)/t10-,11+/m1/s1. The predicted molar refractivity (Wildman–Crippen MR) is 75.3 cm³/mol. The van der Waals surface area contributed by atoms with Crippen LogP contribution in [0.25, 0.3) is 0 Å². The van der Waals surface area contributed by atoms with E-state index in [9.17, 15) is 4.79 Å². The van der Waals surface area contributed by atoms with E-state index in [-0.39, 0.29) is 18.1 Å². The number of thiazole rings is 1. The minimum Gasteiger partial charge on any atom is -0.364 e. The molecule has 3 N–H and O–H groups in total. The highest BCUT2D eigenvalue weighted by Gasteiger charge is 2.29. The maximum atomic E-state index is 11.9. The highest BCUT2D eigenvalue weighted by molar-refractivity contribution is 7.11. The smallest absolute Gasteiger partial charge is 0.249 e. The first kappa shape index (κ1) is 14.4. The van der Waals surface area contributed by atoms with Gasteiger partial charge in [0.2, 0.25) is 5.91 Å². The zero-order valence-corrected chi connectivity index (χ0v) is 12.3. The average Bonchev–Trinajstić information content (AvgIpc) is 2.97. The number of nitrogens with two attached hydrogens (primary N) is 1. The van der Waals surface area contributed by atoms with Crippen molar-refractivity contribution in [2.24, 2.45) is 5.73 Å². The molecule has 0 spiro atoms. The minimum absolute atomic E-state index is 0.0269. The first-order valence-electron chi connectivity index (χ1n) is 6.66. The van der Waals surface area contributed by atoms with Crippen LogP contribution in [0, 0.1) is 13.8 Å². The number of nitrogens with one attached hydrogen (secondary N) is 1. The van der Waals surface area contributed by atoms with Crippen LogP contribution in [0.3, 0.4) is 0 Å². The molecule has 19 heavy (non-hydrogen) atoms. The lowest BCUT2D eigenvalue weighted by Crippen LogP contribution is -2.36. The first-order chi connectivity index (χ1) is 9.10. The van der Waals surface area contributed by atoms with Gasteiger partial charge in [-0.2, -0.15) is 0 Å². The van der Waals surface area contributed by atoms with Crippen molar-refractivity contribution >= 4 is 17.2 Å². The Morgan fingerprint density at radius 1 is 1.53 bits per heavy atom. The van der Waals surface area contributed by atoms with Crippen LogP contribution in [-0.2, 0) is 16.0 Å². The number of carbonyl (C=O) groups is 1. The van der Waals surface area contributed by atoms with Crippen molar-refractivity contribution in [3.63, 3.8) is 0 Å². The van der Waals surface area contributed by atoms with E-state index in [2.05, 4.69) is 17.2 Å². The van der Waals surface area contributed by atoms with Gasteiger partial charge >= 0.3 is 0 Å². The summed E-state index contributed by atoms with van der Waals surface area (Å²) >= 11 is 1.69. The monoisotopic (exact) mass is 283 g/mol. The molecule has 0 radical (unpaired) electrons. The van der Waals surface area contributed by atoms with E-state index in [1.165, 1.54) is 4.88 Å². The van der Waals surface area contributed by atoms with Gasteiger partial charge in [-0.25, -0.2) is 4.98 Å². The van der Waals surface area contributed by atoms with Gasteiger partial charge in [0.15, 0.2) is 0 Å². The maximum Gasteiger partial charge on any atom is 0.249 e. The summed E-state index contributed by atoms with van der Waals surface area (Å²) in [5, 5.41) is 3.98. The number of amides is 1. The lowest BCUT2D eigenvalue weighted by Gasteiger charge is -2.12. The Morgan fingerprint density at radius 2 is 2.32 bits per heavy atom. The third kappa shape index (κ3) is 3.75. The van der Waals surface area contributed by atoms with Crippen molar-refractivity contribution < 1.29 is 9.53 Å². The summed E-state index contributed by atoms with van der Waals surface area (Å²) in [6.07, 6.45) is 2.13. The molecular formula is C13H21N3O2S. The van der Waals surface area contributed by atoms with Crippen molar-refractivity contribution in [3.05, 3.63) is 15.6 Å². The fourth-order valence-corrected chi connectivity index (χ4v) is 3.06. The summed E-state index contributed by atoms with van der Waals surface area (Å²) in [5.74, 6) is -0.0269. The van der Waals surface area contributed by atoms with Crippen molar-refractivity contribution in [2.45, 2.75) is 45.3 Å². The summed E-state index contributed by atoms with van der Waals surface area (Å²) in [4.78, 5) is 17.6. The van der Waals surface area contributed by atoms with Crippen LogP contribution < -0.4 is 11.1 Å². The molecule has 0 aliphatic carbocycles. The third-order valence-corrected chi connectivity index (χ3v) is 4.51. The van der Waals surface area contributed by atoms with Crippen molar-refractivity contribution in [3.8, 4) is 0 Å². The number of hydrogen-bond acceptors (Lipinski definition) is 5. The third-order valence-electron chi connectivity index (χ3n) is 3.37. The molecule has 0 saturated carbocycles. The molecular weight excluding hydrogens is 262 g/mol. The SMILES string of the molecule is Cc1nc(CCNC(=O)[C@@H]2CC[C@H](CN)O2)sc1C. The van der Waals surface area contributed by atoms with Crippen molar-refractivity contribution in [2.75, 3.05) is 13.1 Å². The molecule has 5 nitrogen and oxygen atoms in total. The second-order valence-electron chi connectivity index (χ2n) is 4.85. The van der Waals surface area contributed by atoms with E-state index in [1.807, 2.05) is 6.92 Å². The van der Waals surface area contributed by atoms with Crippen LogP contribution in [0.2, 0.25) is 0 Å². The molecule has 2 atom stereocenters. The van der Waals surface area contributed by atoms with Gasteiger partial charge in [0.1, 0.15) is 6.10 Å². The van der Waals surface area contributed by atoms with Crippen LogP contribution in [0.4, 0.5) is 0 Å². The summed E-state index contributed by atoms with van der Waals surface area (Å²) in [6, 6.07) is 0. The van der Waals surface area contributed by atoms with Gasteiger partial charge in [0.05, 0.1) is 16.8 Å². The molecule has 1 aliphatic rings. The van der Waals surface area contributed by atoms with Gasteiger partial charge in [-0.3, -0.25) is 4.79 Å². The molecule has 0 bridgehead atoms. The largest absolute Gasteiger partial charge is 0.364 e. The van der Waals surface area contributed by atoms with Crippen LogP contribution >= 0.6 is 11.3 Å². The number of rotatable bonds is 5. The number of ether oxygens (including phenoxy) is 1. The Hall–Kier alpha value is -0.980. The lowest BCUT2D eigenvalue weighted by molar-refractivity contribution is -0.131. The Kier molecular flexibility index (Phi) is 4.90. The van der Waals surface area contributed by atoms with Crippen LogP contribution in [-0.4, -0.2) is 36.2 Å². The zero-order chi connectivity index (χ0) is 13.8. The van der Waals surface area contributed by atoms with Gasteiger partial charge in [-0.1, -0.05) is 0 Å². The Balaban J connectivity index is 1.72. The van der Waals surface area contributed by atoms with E-state index in [0.29, 0.717) is 13.1 Å². The molecule has 106 valence electrons. The minimum atomic E-state index is -0.326. The van der Waals surface area contributed by atoms with E-state index in [0.717, 1.165) is 30.0 Å². The Morgan fingerprint density at radius 3 is 2.89 bits per heavy atom. The first-order valence-corrected chi connectivity index (χ1v) is 7.48. The van der Waals surface area contributed by atoms with Crippen molar-refractivity contribution in [1.82, 2.24) is 10.3 Å². The second kappa shape index (κ2) is 6.45. The number of carbonyl (C=O) groups excluding carboxylic acids is 1. The molecule has 1 aromatic heterocycles. The second-order valence-corrected chi connectivity index (χ2v) is 6.14. The Labute approximate surface area is 117 Å². The summed E-state index contributed by atoms with van der Waals surface area (Å²) < 4.78 is 5.55. The Bertz CT molecular complexity index is 428. The van der Waals surface area contributed by atoms with E-state index in [4.69, 9.17) is 10.5 Å². The van der Waals surface area contributed by atoms with E-state index < -0.39 is 0 Å². The molecule has 2 rings (SSSR count). The topological polar surface area (TPSA) is 77.2 Å². The molecule has 1 aromatic rings. The summed E-state index contributed by atoms with van der Waals surface area (Å²) in [5.41, 5.74) is 6.61. The molecule has 1 fully saturated rings. The molecule has 0 aromatic carbocycles. The van der Waals surface area contributed by atoms with E-state index >= 15 is 0 Å². The summed E-state index contributed by atoms with van der Waals surface area (Å²) in [7, 11) is 0. The van der Waals surface area contributed by atoms with Gasteiger partial charge in [-0.15, -0.1) is 11.3 Å². The van der Waals surface area contributed by atoms with Gasteiger partial charge in [-0.05, 0) is 26.7 Å². The molecule has 1 saturated heterocycles. The molecule has 0 unspecified atom stereocenters. The zero-order valence-electron chi connectivity index (χ0n) is 11.4. The molecule has 6 heteroatoms. The molecule has 1 amide bonds. The fourth-order valence-electron chi connectivity index (χ4n) is 2.12. The van der Waals surface area contributed by atoms with E-state index in [1.54, 1.807) is 11.3 Å². The summed E-state index contributed by atoms with van der Waals surface area (Å²) in [6.45, 7) is 5.17. The predicted octanol–water partition coefficient (Wildman–Crippen LogP) is 0.925. The number of hydrogen-bond donors (Lipinski definition) is 2. The normalized spacial score (nSPS) is 22.7. The van der Waals surface area contributed by atoms with Gasteiger partial charge in [0.25, 0.3) is 0 Å². The number of aromatic nitrogens is 1. The molecule has 2 heterocycles. The van der Waals surface area contributed by atoms with Crippen molar-refractivity contribution in [1.29, 1.82) is 0 Å². The quantitative estimate of drug-likeness (QED) is 0.842.